The van der Waals surface area contributed by atoms with E-state index in [1.807, 2.05) is 6.07 Å². The van der Waals surface area contributed by atoms with Crippen LogP contribution in [0.25, 0.3) is 22.8 Å². The fourth-order valence-electron chi connectivity index (χ4n) is 3.15. The number of aliphatic hydroxyl groups is 1. The molecule has 1 unspecified atom stereocenters. The first kappa shape index (κ1) is 19.7. The Morgan fingerprint density at radius 1 is 1.13 bits per heavy atom. The van der Waals surface area contributed by atoms with Crippen LogP contribution in [0.4, 0.5) is 5.69 Å². The smallest absolute Gasteiger partial charge is 0.272 e. The van der Waals surface area contributed by atoms with Gasteiger partial charge in [0.05, 0.1) is 11.0 Å². The number of rotatable bonds is 6. The van der Waals surface area contributed by atoms with Gasteiger partial charge in [0, 0.05) is 46.6 Å². The van der Waals surface area contributed by atoms with Crippen molar-refractivity contribution in [2.75, 3.05) is 0 Å². The van der Waals surface area contributed by atoms with Gasteiger partial charge in [-0.15, -0.1) is 0 Å². The average molecular weight is 422 g/mol. The molecule has 1 atom stereocenters. The lowest BCUT2D eigenvalue weighted by Gasteiger charge is -2.13. The van der Waals surface area contributed by atoms with Crippen molar-refractivity contribution >= 4 is 17.3 Å². The van der Waals surface area contributed by atoms with Gasteiger partial charge in [-0.05, 0) is 35.9 Å². The largest absolute Gasteiger partial charge is 0.388 e. The molecule has 4 rings (SSSR count). The lowest BCUT2D eigenvalue weighted by atomic mass is 9.98. The molecule has 0 amide bonds. The van der Waals surface area contributed by atoms with E-state index in [4.69, 9.17) is 11.6 Å². The number of hydrogen-bond acceptors (Lipinski definition) is 6. The number of H-pyrrole nitrogens is 1. The zero-order chi connectivity index (χ0) is 21.1. The first-order valence-corrected chi connectivity index (χ1v) is 9.43. The summed E-state index contributed by atoms with van der Waals surface area (Å²) in [5.74, 6) is 0.923. The lowest BCUT2D eigenvalue weighted by Crippen LogP contribution is -2.05. The molecule has 2 aromatic heterocycles. The predicted octanol–water partition coefficient (Wildman–Crippen LogP) is 4.37. The van der Waals surface area contributed by atoms with Crippen LogP contribution >= 0.6 is 11.6 Å². The monoisotopic (exact) mass is 421 g/mol. The lowest BCUT2D eigenvalue weighted by molar-refractivity contribution is -0.385. The number of hydrogen-bond donors (Lipinski definition) is 2. The second-order valence-electron chi connectivity index (χ2n) is 6.59. The quantitative estimate of drug-likeness (QED) is 0.352. The summed E-state index contributed by atoms with van der Waals surface area (Å²) in [6.07, 6.45) is 2.34. The maximum atomic E-state index is 11.5. The molecular formula is C21H16ClN5O3. The first-order valence-electron chi connectivity index (χ1n) is 9.06. The summed E-state index contributed by atoms with van der Waals surface area (Å²) < 4.78 is 0. The van der Waals surface area contributed by atoms with Gasteiger partial charge in [-0.1, -0.05) is 29.8 Å². The minimum absolute atomic E-state index is 0.0253. The minimum Gasteiger partial charge on any atom is -0.388 e. The van der Waals surface area contributed by atoms with Gasteiger partial charge in [-0.25, -0.2) is 4.98 Å². The summed E-state index contributed by atoms with van der Waals surface area (Å²) in [4.78, 5) is 19.5. The van der Waals surface area contributed by atoms with Crippen molar-refractivity contribution in [3.05, 3.63) is 93.3 Å². The molecule has 2 heterocycles. The number of aromatic amines is 1. The van der Waals surface area contributed by atoms with Crippen LogP contribution in [0.1, 0.15) is 17.2 Å². The van der Waals surface area contributed by atoms with Crippen molar-refractivity contribution in [2.24, 2.45) is 0 Å². The molecule has 150 valence electrons. The molecule has 0 bridgehead atoms. The Labute approximate surface area is 176 Å². The Morgan fingerprint density at radius 2 is 1.97 bits per heavy atom. The van der Waals surface area contributed by atoms with Crippen LogP contribution in [0.3, 0.4) is 0 Å². The van der Waals surface area contributed by atoms with E-state index in [0.717, 1.165) is 5.56 Å². The Kier molecular flexibility index (Phi) is 5.51. The number of benzene rings is 2. The van der Waals surface area contributed by atoms with Gasteiger partial charge < -0.3 is 5.11 Å². The van der Waals surface area contributed by atoms with Crippen LogP contribution < -0.4 is 0 Å². The SMILES string of the molecule is O=[N+]([O-])c1ccc(-c2nc(-c3cccnc3)n[nH]2)cc1CC(O)c1ccccc1Cl. The van der Waals surface area contributed by atoms with E-state index in [-0.39, 0.29) is 12.1 Å². The van der Waals surface area contributed by atoms with Crippen molar-refractivity contribution in [3.63, 3.8) is 0 Å². The van der Waals surface area contributed by atoms with Crippen LogP contribution in [0.2, 0.25) is 5.02 Å². The van der Waals surface area contributed by atoms with E-state index in [1.165, 1.54) is 6.07 Å². The zero-order valence-corrected chi connectivity index (χ0v) is 16.3. The number of halogens is 1. The topological polar surface area (TPSA) is 118 Å². The number of nitro benzene ring substituents is 1. The van der Waals surface area contributed by atoms with Gasteiger partial charge in [-0.3, -0.25) is 20.2 Å². The van der Waals surface area contributed by atoms with Crippen molar-refractivity contribution in [1.82, 2.24) is 20.2 Å². The summed E-state index contributed by atoms with van der Waals surface area (Å²) in [5.41, 5.74) is 2.15. The Bertz CT molecular complexity index is 1200. The molecule has 2 aromatic carbocycles. The molecule has 0 aliphatic carbocycles. The molecule has 30 heavy (non-hydrogen) atoms. The standard InChI is InChI=1S/C21H16ClN5O3/c22-17-6-2-1-5-16(17)19(28)11-15-10-13(7-8-18(15)27(29)30)20-24-21(26-25-20)14-4-3-9-23-12-14/h1-10,12,19,28H,11H2,(H,24,25,26). The molecule has 2 N–H and O–H groups in total. The Balaban J connectivity index is 1.68. The van der Waals surface area contributed by atoms with E-state index >= 15 is 0 Å². The molecule has 0 saturated heterocycles. The second-order valence-corrected chi connectivity index (χ2v) is 7.00. The van der Waals surface area contributed by atoms with Gasteiger partial charge in [0.15, 0.2) is 11.6 Å². The predicted molar refractivity (Wildman–Crippen MR) is 112 cm³/mol. The van der Waals surface area contributed by atoms with E-state index < -0.39 is 11.0 Å². The summed E-state index contributed by atoms with van der Waals surface area (Å²) in [6, 6.07) is 15.1. The normalized spacial score (nSPS) is 11.9. The van der Waals surface area contributed by atoms with E-state index in [9.17, 15) is 15.2 Å². The minimum atomic E-state index is -0.992. The van der Waals surface area contributed by atoms with E-state index in [1.54, 1.807) is 54.9 Å². The number of nitrogens with one attached hydrogen (secondary N) is 1. The maximum absolute atomic E-state index is 11.5. The Hall–Kier alpha value is -3.62. The second kappa shape index (κ2) is 8.40. The highest BCUT2D eigenvalue weighted by Crippen LogP contribution is 2.31. The number of aromatic nitrogens is 4. The third kappa shape index (κ3) is 4.05. The molecule has 0 spiro atoms. The summed E-state index contributed by atoms with van der Waals surface area (Å²) in [7, 11) is 0. The Morgan fingerprint density at radius 3 is 2.70 bits per heavy atom. The summed E-state index contributed by atoms with van der Waals surface area (Å²) in [6.45, 7) is 0. The van der Waals surface area contributed by atoms with E-state index in [0.29, 0.717) is 33.4 Å². The maximum Gasteiger partial charge on any atom is 0.272 e. The van der Waals surface area contributed by atoms with Crippen LogP contribution in [0.5, 0.6) is 0 Å². The third-order valence-corrected chi connectivity index (χ3v) is 4.98. The molecule has 9 heteroatoms. The number of nitro groups is 1. The highest BCUT2D eigenvalue weighted by molar-refractivity contribution is 6.31. The van der Waals surface area contributed by atoms with Crippen LogP contribution in [0, 0.1) is 10.1 Å². The molecule has 0 radical (unpaired) electrons. The zero-order valence-electron chi connectivity index (χ0n) is 15.6. The molecule has 4 aromatic rings. The molecule has 0 aliphatic rings. The molecule has 0 saturated carbocycles. The van der Waals surface area contributed by atoms with Gasteiger partial charge in [0.25, 0.3) is 5.69 Å². The van der Waals surface area contributed by atoms with Crippen molar-refractivity contribution < 1.29 is 10.0 Å². The van der Waals surface area contributed by atoms with Gasteiger partial charge >= 0.3 is 0 Å². The molecular weight excluding hydrogens is 406 g/mol. The van der Waals surface area contributed by atoms with Crippen LogP contribution in [0.15, 0.2) is 67.0 Å². The van der Waals surface area contributed by atoms with Gasteiger partial charge in [0.1, 0.15) is 0 Å². The summed E-state index contributed by atoms with van der Waals surface area (Å²) >= 11 is 6.15. The molecule has 8 nitrogen and oxygen atoms in total. The highest BCUT2D eigenvalue weighted by Gasteiger charge is 2.21. The molecule has 0 aliphatic heterocycles. The third-order valence-electron chi connectivity index (χ3n) is 4.63. The highest BCUT2D eigenvalue weighted by atomic mass is 35.5. The number of pyridine rings is 1. The van der Waals surface area contributed by atoms with E-state index in [2.05, 4.69) is 20.2 Å². The first-order chi connectivity index (χ1) is 14.5. The average Bonchev–Trinajstić information content (AvgIpc) is 3.25. The van der Waals surface area contributed by atoms with Crippen LogP contribution in [-0.2, 0) is 6.42 Å². The number of nitrogens with zero attached hydrogens (tertiary/aromatic N) is 4. The fourth-order valence-corrected chi connectivity index (χ4v) is 3.41. The fraction of sp³-hybridized carbons (Fsp3) is 0.0952. The molecule has 0 fully saturated rings. The van der Waals surface area contributed by atoms with Gasteiger partial charge in [-0.2, -0.15) is 5.10 Å². The van der Waals surface area contributed by atoms with Gasteiger partial charge in [0.2, 0.25) is 0 Å². The van der Waals surface area contributed by atoms with Crippen LogP contribution in [-0.4, -0.2) is 30.2 Å². The van der Waals surface area contributed by atoms with Crippen molar-refractivity contribution in [3.8, 4) is 22.8 Å². The van der Waals surface area contributed by atoms with Crippen molar-refractivity contribution in [1.29, 1.82) is 0 Å². The van der Waals surface area contributed by atoms with Crippen molar-refractivity contribution in [2.45, 2.75) is 12.5 Å². The number of aliphatic hydroxyl groups excluding tert-OH is 1. The summed E-state index contributed by atoms with van der Waals surface area (Å²) in [5, 5.41) is 29.6.